The van der Waals surface area contributed by atoms with E-state index >= 15 is 0 Å². The number of methoxy groups -OCH3 is 3. The monoisotopic (exact) mass is 375 g/mol. The number of rotatable bonds is 7. The molecule has 1 fully saturated rings. The Morgan fingerprint density at radius 3 is 2.38 bits per heavy atom. The molecule has 0 aliphatic heterocycles. The maximum absolute atomic E-state index is 12.9. The Bertz CT molecular complexity index is 751. The maximum atomic E-state index is 12.9. The highest BCUT2D eigenvalue weighted by atomic mass is 32.1. The lowest BCUT2D eigenvalue weighted by Gasteiger charge is -2.28. The van der Waals surface area contributed by atoms with Crippen molar-refractivity contribution in [3.05, 3.63) is 40.1 Å². The van der Waals surface area contributed by atoms with Crippen molar-refractivity contribution in [3.8, 4) is 17.2 Å². The average Bonchev–Trinajstić information content (AvgIpc) is 3.37. The molecule has 2 aromatic rings. The topological polar surface area (TPSA) is 56.8 Å². The fraction of sp³-hybridized carbons (Fsp3) is 0.450. The average molecular weight is 375 g/mol. The summed E-state index contributed by atoms with van der Waals surface area (Å²) in [5, 5.41) is 5.23. The van der Waals surface area contributed by atoms with Crippen molar-refractivity contribution in [3.63, 3.8) is 0 Å². The molecular weight excluding hydrogens is 350 g/mol. The summed E-state index contributed by atoms with van der Waals surface area (Å²) in [7, 11) is 4.62. The molecule has 140 valence electrons. The molecule has 1 heterocycles. The highest BCUT2D eigenvalue weighted by Gasteiger charge is 2.37. The summed E-state index contributed by atoms with van der Waals surface area (Å²) < 4.78 is 16.1. The molecule has 1 amide bonds. The number of carbonyl (C=O) groups excluding carboxylic acids is 1. The van der Waals surface area contributed by atoms with E-state index < -0.39 is 0 Å². The highest BCUT2D eigenvalue weighted by molar-refractivity contribution is 7.10. The van der Waals surface area contributed by atoms with Crippen molar-refractivity contribution >= 4 is 17.2 Å². The molecule has 1 aliphatic carbocycles. The SMILES string of the molecule is COc1ccc(C(=O)NCC2(c3cccs3)CCCC2)c(OC)c1OC. The van der Waals surface area contributed by atoms with Gasteiger partial charge in [0.2, 0.25) is 5.75 Å². The van der Waals surface area contributed by atoms with Gasteiger partial charge < -0.3 is 19.5 Å². The van der Waals surface area contributed by atoms with Gasteiger partial charge in [-0.25, -0.2) is 0 Å². The fourth-order valence-corrected chi connectivity index (χ4v) is 4.75. The van der Waals surface area contributed by atoms with Gasteiger partial charge in [-0.2, -0.15) is 0 Å². The van der Waals surface area contributed by atoms with E-state index in [4.69, 9.17) is 14.2 Å². The lowest BCUT2D eigenvalue weighted by molar-refractivity contribution is 0.0939. The smallest absolute Gasteiger partial charge is 0.255 e. The van der Waals surface area contributed by atoms with E-state index in [0.717, 1.165) is 12.8 Å². The highest BCUT2D eigenvalue weighted by Crippen LogP contribution is 2.43. The summed E-state index contributed by atoms with van der Waals surface area (Å²) in [4.78, 5) is 14.2. The van der Waals surface area contributed by atoms with Crippen molar-refractivity contribution in [2.24, 2.45) is 0 Å². The Balaban J connectivity index is 1.82. The molecule has 26 heavy (non-hydrogen) atoms. The van der Waals surface area contributed by atoms with E-state index in [9.17, 15) is 4.79 Å². The molecule has 1 aromatic carbocycles. The Morgan fingerprint density at radius 1 is 1.08 bits per heavy atom. The maximum Gasteiger partial charge on any atom is 0.255 e. The first-order chi connectivity index (χ1) is 12.6. The van der Waals surface area contributed by atoms with E-state index in [1.54, 1.807) is 30.6 Å². The van der Waals surface area contributed by atoms with Gasteiger partial charge in [-0.05, 0) is 36.4 Å². The molecule has 0 saturated heterocycles. The first-order valence-corrected chi connectivity index (χ1v) is 9.64. The van der Waals surface area contributed by atoms with Crippen LogP contribution in [0.1, 0.15) is 40.9 Å². The molecule has 1 saturated carbocycles. The van der Waals surface area contributed by atoms with Gasteiger partial charge in [0.25, 0.3) is 5.91 Å². The summed E-state index contributed by atoms with van der Waals surface area (Å²) in [6.45, 7) is 0.629. The molecule has 0 unspecified atom stereocenters. The molecule has 3 rings (SSSR count). The zero-order valence-electron chi connectivity index (χ0n) is 15.5. The second-order valence-electron chi connectivity index (χ2n) is 6.53. The van der Waals surface area contributed by atoms with Crippen LogP contribution in [0, 0.1) is 0 Å². The van der Waals surface area contributed by atoms with Crippen LogP contribution in [0.15, 0.2) is 29.6 Å². The Morgan fingerprint density at radius 2 is 1.81 bits per heavy atom. The zero-order valence-corrected chi connectivity index (χ0v) is 16.3. The lowest BCUT2D eigenvalue weighted by Crippen LogP contribution is -2.38. The number of nitrogens with one attached hydrogen (secondary N) is 1. The largest absolute Gasteiger partial charge is 0.493 e. The van der Waals surface area contributed by atoms with Crippen LogP contribution in [0.4, 0.5) is 0 Å². The van der Waals surface area contributed by atoms with Gasteiger partial charge in [0.05, 0.1) is 26.9 Å². The molecule has 6 heteroatoms. The van der Waals surface area contributed by atoms with Gasteiger partial charge in [0.15, 0.2) is 11.5 Å². The molecule has 0 radical (unpaired) electrons. The number of ether oxygens (including phenoxy) is 3. The van der Waals surface area contributed by atoms with Crippen LogP contribution in [-0.4, -0.2) is 33.8 Å². The van der Waals surface area contributed by atoms with Gasteiger partial charge >= 0.3 is 0 Å². The van der Waals surface area contributed by atoms with Crippen molar-refractivity contribution in [2.45, 2.75) is 31.1 Å². The van der Waals surface area contributed by atoms with Gasteiger partial charge in [-0.1, -0.05) is 18.9 Å². The van der Waals surface area contributed by atoms with Crippen LogP contribution in [0.5, 0.6) is 17.2 Å². The lowest BCUT2D eigenvalue weighted by atomic mass is 9.84. The van der Waals surface area contributed by atoms with Gasteiger partial charge in [-0.15, -0.1) is 11.3 Å². The predicted molar refractivity (Wildman–Crippen MR) is 103 cm³/mol. The van der Waals surface area contributed by atoms with Crippen LogP contribution < -0.4 is 19.5 Å². The van der Waals surface area contributed by atoms with E-state index in [2.05, 4.69) is 22.8 Å². The summed E-state index contributed by atoms with van der Waals surface area (Å²) in [6.07, 6.45) is 4.62. The summed E-state index contributed by atoms with van der Waals surface area (Å²) in [5.41, 5.74) is 0.498. The molecule has 0 bridgehead atoms. The zero-order chi connectivity index (χ0) is 18.6. The summed E-state index contributed by atoms with van der Waals surface area (Å²) in [5.74, 6) is 1.19. The fourth-order valence-electron chi connectivity index (χ4n) is 3.77. The standard InChI is InChI=1S/C20H25NO4S/c1-23-15-9-8-14(17(24-2)18(15)25-3)19(22)21-13-20(10-4-5-11-20)16-7-6-12-26-16/h6-9,12H,4-5,10-11,13H2,1-3H3,(H,21,22). The minimum Gasteiger partial charge on any atom is -0.493 e. The number of amides is 1. The van der Waals surface area contributed by atoms with E-state index in [0.29, 0.717) is 29.4 Å². The second kappa shape index (κ2) is 7.99. The Hall–Kier alpha value is -2.21. The third-order valence-electron chi connectivity index (χ3n) is 5.14. The van der Waals surface area contributed by atoms with Crippen LogP contribution >= 0.6 is 11.3 Å². The third-order valence-corrected chi connectivity index (χ3v) is 6.26. The number of carbonyl (C=O) groups is 1. The normalized spacial score (nSPS) is 15.5. The van der Waals surface area contributed by atoms with Crippen LogP contribution in [0.25, 0.3) is 0 Å². The Kier molecular flexibility index (Phi) is 5.71. The summed E-state index contributed by atoms with van der Waals surface area (Å²) >= 11 is 1.77. The van der Waals surface area contributed by atoms with Gasteiger partial charge in [-0.3, -0.25) is 4.79 Å². The number of benzene rings is 1. The van der Waals surface area contributed by atoms with Crippen molar-refractivity contribution in [1.29, 1.82) is 0 Å². The van der Waals surface area contributed by atoms with Crippen LogP contribution in [-0.2, 0) is 5.41 Å². The number of hydrogen-bond acceptors (Lipinski definition) is 5. The van der Waals surface area contributed by atoms with Crippen LogP contribution in [0.2, 0.25) is 0 Å². The van der Waals surface area contributed by atoms with E-state index in [1.807, 2.05) is 0 Å². The van der Waals surface area contributed by atoms with Crippen molar-refractivity contribution < 1.29 is 19.0 Å². The van der Waals surface area contributed by atoms with Crippen molar-refractivity contribution in [2.75, 3.05) is 27.9 Å². The van der Waals surface area contributed by atoms with Gasteiger partial charge in [0, 0.05) is 16.8 Å². The quantitative estimate of drug-likeness (QED) is 0.794. The van der Waals surface area contributed by atoms with E-state index in [-0.39, 0.29) is 11.3 Å². The molecule has 0 spiro atoms. The predicted octanol–water partition coefficient (Wildman–Crippen LogP) is 4.02. The third kappa shape index (κ3) is 3.38. The molecular formula is C20H25NO4S. The van der Waals surface area contributed by atoms with Gasteiger partial charge in [0.1, 0.15) is 0 Å². The minimum atomic E-state index is -0.161. The minimum absolute atomic E-state index is 0.0492. The molecule has 1 aliphatic rings. The van der Waals surface area contributed by atoms with E-state index in [1.165, 1.54) is 31.9 Å². The molecule has 1 N–H and O–H groups in total. The summed E-state index contributed by atoms with van der Waals surface area (Å²) in [6, 6.07) is 7.70. The second-order valence-corrected chi connectivity index (χ2v) is 7.48. The Labute approximate surface area is 158 Å². The molecule has 5 nitrogen and oxygen atoms in total. The first-order valence-electron chi connectivity index (χ1n) is 8.76. The first kappa shape index (κ1) is 18.6. The number of hydrogen-bond donors (Lipinski definition) is 1. The molecule has 0 atom stereocenters. The van der Waals surface area contributed by atoms with Crippen molar-refractivity contribution in [1.82, 2.24) is 5.32 Å². The van der Waals surface area contributed by atoms with Crippen LogP contribution in [0.3, 0.4) is 0 Å². The molecule has 1 aromatic heterocycles. The number of thiophene rings is 1.